The number of primary amides is 1. The van der Waals surface area contributed by atoms with Crippen LogP contribution in [0.25, 0.3) is 0 Å². The van der Waals surface area contributed by atoms with Crippen molar-refractivity contribution in [3.8, 4) is 0 Å². The minimum atomic E-state index is -0.848. The van der Waals surface area contributed by atoms with Crippen LogP contribution in [0, 0.1) is 0 Å². The molecule has 0 aliphatic heterocycles. The predicted molar refractivity (Wildman–Crippen MR) is 40.4 cm³/mol. The van der Waals surface area contributed by atoms with Crippen LogP contribution in [0.2, 0.25) is 0 Å². The van der Waals surface area contributed by atoms with E-state index in [1.54, 1.807) is 6.07 Å². The van der Waals surface area contributed by atoms with Crippen LogP contribution in [-0.4, -0.2) is 11.2 Å². The molecule has 66 valence electrons. The number of amides is 1. The second-order valence-corrected chi connectivity index (χ2v) is 2.29. The van der Waals surface area contributed by atoms with Crippen LogP contribution in [0.3, 0.4) is 0 Å². The SMILES string of the molecule is NC(=O)OCc1cc(CCl)no1. The lowest BCUT2D eigenvalue weighted by Crippen LogP contribution is -2.12. The Morgan fingerprint density at radius 3 is 3.08 bits per heavy atom. The Morgan fingerprint density at radius 1 is 1.83 bits per heavy atom. The van der Waals surface area contributed by atoms with E-state index in [1.165, 1.54) is 0 Å². The molecule has 1 amide bonds. The van der Waals surface area contributed by atoms with Crippen molar-refractivity contribution in [1.29, 1.82) is 0 Å². The van der Waals surface area contributed by atoms with Crippen molar-refractivity contribution < 1.29 is 14.1 Å². The Morgan fingerprint density at radius 2 is 2.58 bits per heavy atom. The number of nitrogens with zero attached hydrogens (tertiary/aromatic N) is 1. The molecule has 1 heterocycles. The molecular formula is C6H7ClN2O3. The molecular weight excluding hydrogens is 184 g/mol. The lowest BCUT2D eigenvalue weighted by molar-refractivity contribution is 0.137. The molecule has 0 atom stereocenters. The minimum absolute atomic E-state index is 0.0147. The summed E-state index contributed by atoms with van der Waals surface area (Å²) in [4.78, 5) is 10.2. The number of hydrogen-bond donors (Lipinski definition) is 1. The summed E-state index contributed by atoms with van der Waals surface area (Å²) in [5, 5.41) is 3.57. The molecule has 6 heteroatoms. The van der Waals surface area contributed by atoms with E-state index >= 15 is 0 Å². The molecule has 5 nitrogen and oxygen atoms in total. The molecule has 0 unspecified atom stereocenters. The summed E-state index contributed by atoms with van der Waals surface area (Å²) in [6.45, 7) is -0.0147. The summed E-state index contributed by atoms with van der Waals surface area (Å²) in [5.41, 5.74) is 5.33. The smallest absolute Gasteiger partial charge is 0.404 e. The summed E-state index contributed by atoms with van der Waals surface area (Å²) in [6, 6.07) is 1.59. The molecule has 0 radical (unpaired) electrons. The zero-order valence-corrected chi connectivity index (χ0v) is 6.87. The van der Waals surface area contributed by atoms with Crippen LogP contribution in [0.5, 0.6) is 0 Å². The van der Waals surface area contributed by atoms with Crippen LogP contribution in [-0.2, 0) is 17.2 Å². The number of hydrogen-bond acceptors (Lipinski definition) is 4. The zero-order chi connectivity index (χ0) is 8.97. The average Bonchev–Trinajstić information content (AvgIpc) is 2.48. The number of carbonyl (C=O) groups excluding carboxylic acids is 1. The number of aromatic nitrogens is 1. The van der Waals surface area contributed by atoms with Gasteiger partial charge in [0.05, 0.1) is 11.6 Å². The average molecular weight is 191 g/mol. The molecule has 1 aromatic heterocycles. The number of carbonyl (C=O) groups is 1. The molecule has 2 N–H and O–H groups in total. The molecule has 0 aliphatic carbocycles. The largest absolute Gasteiger partial charge is 0.441 e. The lowest BCUT2D eigenvalue weighted by atomic mass is 10.4. The first-order valence-corrected chi connectivity index (χ1v) is 3.68. The molecule has 0 saturated carbocycles. The zero-order valence-electron chi connectivity index (χ0n) is 6.12. The van der Waals surface area contributed by atoms with Crippen molar-refractivity contribution >= 4 is 17.7 Å². The van der Waals surface area contributed by atoms with Crippen molar-refractivity contribution in [1.82, 2.24) is 5.16 Å². The third-order valence-electron chi connectivity index (χ3n) is 1.10. The molecule has 12 heavy (non-hydrogen) atoms. The van der Waals surface area contributed by atoms with Gasteiger partial charge in [-0.15, -0.1) is 11.6 Å². The van der Waals surface area contributed by atoms with E-state index in [1.807, 2.05) is 0 Å². The fourth-order valence-electron chi connectivity index (χ4n) is 0.629. The van der Waals surface area contributed by atoms with Crippen LogP contribution >= 0.6 is 11.6 Å². The van der Waals surface area contributed by atoms with Crippen LogP contribution in [0.1, 0.15) is 11.5 Å². The molecule has 1 aromatic rings. The van der Waals surface area contributed by atoms with Gasteiger partial charge in [0.15, 0.2) is 12.4 Å². The highest BCUT2D eigenvalue weighted by Crippen LogP contribution is 2.06. The second-order valence-electron chi connectivity index (χ2n) is 2.03. The van der Waals surface area contributed by atoms with Gasteiger partial charge in [-0.3, -0.25) is 0 Å². The molecule has 1 rings (SSSR count). The summed E-state index contributed by atoms with van der Waals surface area (Å²) in [7, 11) is 0. The number of nitrogens with two attached hydrogens (primary N) is 1. The Bertz CT molecular complexity index is 274. The normalized spacial score (nSPS) is 9.75. The first-order valence-electron chi connectivity index (χ1n) is 3.15. The Kier molecular flexibility index (Phi) is 2.93. The Hall–Kier alpha value is -1.23. The van der Waals surface area contributed by atoms with Gasteiger partial charge in [-0.25, -0.2) is 4.79 Å². The fraction of sp³-hybridized carbons (Fsp3) is 0.333. The molecule has 0 fully saturated rings. The summed E-state index contributed by atoms with van der Waals surface area (Å²) in [6.07, 6.45) is -0.848. The predicted octanol–water partition coefficient (Wildman–Crippen LogP) is 1.01. The van der Waals surface area contributed by atoms with Crippen LogP contribution < -0.4 is 5.73 Å². The highest BCUT2D eigenvalue weighted by molar-refractivity contribution is 6.16. The van der Waals surface area contributed by atoms with Gasteiger partial charge in [0.25, 0.3) is 0 Å². The molecule has 0 bridgehead atoms. The van der Waals surface area contributed by atoms with Crippen LogP contribution in [0.4, 0.5) is 4.79 Å². The fourth-order valence-corrected chi connectivity index (χ4v) is 0.755. The van der Waals surface area contributed by atoms with Gasteiger partial charge in [-0.05, 0) is 0 Å². The molecule has 0 aliphatic rings. The van der Waals surface area contributed by atoms with Crippen molar-refractivity contribution in [3.63, 3.8) is 0 Å². The van der Waals surface area contributed by atoms with Gasteiger partial charge < -0.3 is 15.0 Å². The second kappa shape index (κ2) is 3.96. The van der Waals surface area contributed by atoms with E-state index in [2.05, 4.69) is 9.89 Å². The van der Waals surface area contributed by atoms with Gasteiger partial charge in [-0.2, -0.15) is 0 Å². The van der Waals surface area contributed by atoms with E-state index in [0.717, 1.165) is 0 Å². The van der Waals surface area contributed by atoms with Crippen molar-refractivity contribution in [2.75, 3.05) is 0 Å². The Labute approximate surface area is 73.4 Å². The summed E-state index contributed by atoms with van der Waals surface area (Å²) < 4.78 is 9.19. The number of rotatable bonds is 3. The van der Waals surface area contributed by atoms with E-state index < -0.39 is 6.09 Å². The first-order chi connectivity index (χ1) is 5.72. The maximum atomic E-state index is 10.2. The van der Waals surface area contributed by atoms with Gasteiger partial charge in [-0.1, -0.05) is 5.16 Å². The highest BCUT2D eigenvalue weighted by atomic mass is 35.5. The molecule has 0 aromatic carbocycles. The monoisotopic (exact) mass is 190 g/mol. The summed E-state index contributed by atoms with van der Waals surface area (Å²) in [5.74, 6) is 0.685. The van der Waals surface area contributed by atoms with Crippen molar-refractivity contribution in [2.45, 2.75) is 12.5 Å². The van der Waals surface area contributed by atoms with Crippen molar-refractivity contribution in [3.05, 3.63) is 17.5 Å². The lowest BCUT2D eigenvalue weighted by Gasteiger charge is -1.94. The number of ether oxygens (including phenoxy) is 1. The van der Waals surface area contributed by atoms with E-state index in [4.69, 9.17) is 21.9 Å². The molecule has 0 saturated heterocycles. The van der Waals surface area contributed by atoms with Gasteiger partial charge in [0.2, 0.25) is 0 Å². The maximum absolute atomic E-state index is 10.2. The van der Waals surface area contributed by atoms with E-state index in [0.29, 0.717) is 11.5 Å². The molecule has 0 spiro atoms. The number of halogens is 1. The van der Waals surface area contributed by atoms with Gasteiger partial charge >= 0.3 is 6.09 Å². The van der Waals surface area contributed by atoms with E-state index in [-0.39, 0.29) is 12.5 Å². The highest BCUT2D eigenvalue weighted by Gasteiger charge is 2.04. The van der Waals surface area contributed by atoms with Crippen molar-refractivity contribution in [2.24, 2.45) is 5.73 Å². The number of alkyl halides is 1. The third kappa shape index (κ3) is 2.43. The van der Waals surface area contributed by atoms with E-state index in [9.17, 15) is 4.79 Å². The first kappa shape index (κ1) is 8.86. The Balaban J connectivity index is 2.47. The van der Waals surface area contributed by atoms with Gasteiger partial charge in [0, 0.05) is 6.07 Å². The third-order valence-corrected chi connectivity index (χ3v) is 1.38. The van der Waals surface area contributed by atoms with Crippen LogP contribution in [0.15, 0.2) is 10.6 Å². The van der Waals surface area contributed by atoms with Gasteiger partial charge in [0.1, 0.15) is 0 Å². The standard InChI is InChI=1S/C6H7ClN2O3/c7-2-4-1-5(12-9-4)3-11-6(8)10/h1H,2-3H2,(H2,8,10). The quantitative estimate of drug-likeness (QED) is 0.722. The topological polar surface area (TPSA) is 78.4 Å². The minimum Gasteiger partial charge on any atom is -0.441 e. The maximum Gasteiger partial charge on any atom is 0.404 e. The summed E-state index contributed by atoms with van der Waals surface area (Å²) >= 11 is 5.45.